The molecule has 0 bridgehead atoms. The van der Waals surface area contributed by atoms with E-state index in [9.17, 15) is 5.11 Å². The first-order valence-electron chi connectivity index (χ1n) is 9.40. The predicted molar refractivity (Wildman–Crippen MR) is 106 cm³/mol. The molecule has 2 aromatic rings. The van der Waals surface area contributed by atoms with Crippen molar-refractivity contribution in [3.8, 4) is 17.1 Å². The number of aliphatic hydroxyl groups is 1. The second kappa shape index (κ2) is 9.54. The van der Waals surface area contributed by atoms with E-state index in [-0.39, 0.29) is 12.1 Å². The number of quaternary nitrogens is 1. The van der Waals surface area contributed by atoms with Crippen molar-refractivity contribution >= 4 is 11.8 Å². The van der Waals surface area contributed by atoms with Crippen molar-refractivity contribution in [1.82, 2.24) is 14.8 Å². The summed E-state index contributed by atoms with van der Waals surface area (Å²) in [6, 6.07) is 8.06. The number of rotatable bonds is 8. The summed E-state index contributed by atoms with van der Waals surface area (Å²) in [7, 11) is 1.66. The Labute approximate surface area is 164 Å². The van der Waals surface area contributed by atoms with Crippen LogP contribution in [0.3, 0.4) is 0 Å². The van der Waals surface area contributed by atoms with Crippen LogP contribution < -0.4 is 9.64 Å². The number of aliphatic hydroxyl groups excluding tert-OH is 1. The molecule has 0 saturated carbocycles. The third-order valence-electron chi connectivity index (χ3n) is 4.66. The van der Waals surface area contributed by atoms with Gasteiger partial charge in [-0.25, -0.2) is 0 Å². The number of hydrogen-bond donors (Lipinski definition) is 2. The topological polar surface area (TPSA) is 73.8 Å². The molecular weight excluding hydrogens is 364 g/mol. The van der Waals surface area contributed by atoms with E-state index in [0.717, 1.165) is 55.1 Å². The smallest absolute Gasteiger partial charge is 0.191 e. The van der Waals surface area contributed by atoms with Crippen LogP contribution >= 0.6 is 11.8 Å². The highest BCUT2D eigenvalue weighted by atomic mass is 32.2. The van der Waals surface area contributed by atoms with Crippen LogP contribution in [0.2, 0.25) is 0 Å². The quantitative estimate of drug-likeness (QED) is 0.650. The predicted octanol–water partition coefficient (Wildman–Crippen LogP) is 0.903. The number of ether oxygens (including phenoxy) is 2. The van der Waals surface area contributed by atoms with Crippen LogP contribution in [0.4, 0.5) is 0 Å². The van der Waals surface area contributed by atoms with Gasteiger partial charge < -0.3 is 19.5 Å². The van der Waals surface area contributed by atoms with Crippen LogP contribution in [-0.4, -0.2) is 71.7 Å². The van der Waals surface area contributed by atoms with Crippen LogP contribution in [0.15, 0.2) is 29.4 Å². The Balaban J connectivity index is 1.67. The van der Waals surface area contributed by atoms with E-state index in [1.807, 2.05) is 24.3 Å². The van der Waals surface area contributed by atoms with Crippen molar-refractivity contribution in [2.24, 2.45) is 0 Å². The second-order valence-electron chi connectivity index (χ2n) is 7.03. The van der Waals surface area contributed by atoms with Gasteiger partial charge in [0.05, 0.1) is 20.3 Å². The summed E-state index contributed by atoms with van der Waals surface area (Å²) in [4.78, 5) is 1.40. The van der Waals surface area contributed by atoms with Crippen molar-refractivity contribution in [2.45, 2.75) is 31.1 Å². The molecule has 1 aromatic heterocycles. The lowest BCUT2D eigenvalue weighted by atomic mass is 10.2. The van der Waals surface area contributed by atoms with Crippen LogP contribution in [0, 0.1) is 0 Å². The summed E-state index contributed by atoms with van der Waals surface area (Å²) in [6.07, 6.45) is -0.371. The van der Waals surface area contributed by atoms with Gasteiger partial charge in [-0.05, 0) is 38.1 Å². The number of benzene rings is 1. The zero-order valence-corrected chi connectivity index (χ0v) is 17.0. The number of thioether (sulfide) groups is 1. The van der Waals surface area contributed by atoms with Crippen molar-refractivity contribution in [1.29, 1.82) is 0 Å². The third-order valence-corrected chi connectivity index (χ3v) is 5.75. The molecule has 8 heteroatoms. The molecule has 0 radical (unpaired) electrons. The maximum atomic E-state index is 10.4. The van der Waals surface area contributed by atoms with Gasteiger partial charge in [-0.2, -0.15) is 0 Å². The van der Waals surface area contributed by atoms with Crippen molar-refractivity contribution in [3.05, 3.63) is 24.3 Å². The van der Waals surface area contributed by atoms with E-state index >= 15 is 0 Å². The molecule has 3 rings (SSSR count). The molecule has 0 unspecified atom stereocenters. The van der Waals surface area contributed by atoms with E-state index in [0.29, 0.717) is 5.75 Å². The Morgan fingerprint density at radius 3 is 2.56 bits per heavy atom. The molecule has 1 fully saturated rings. The van der Waals surface area contributed by atoms with Crippen LogP contribution in [0.25, 0.3) is 11.4 Å². The molecule has 0 aliphatic carbocycles. The van der Waals surface area contributed by atoms with E-state index in [4.69, 9.17) is 9.47 Å². The zero-order chi connectivity index (χ0) is 19.2. The lowest BCUT2D eigenvalue weighted by Gasteiger charge is -2.25. The first-order valence-corrected chi connectivity index (χ1v) is 10.4. The van der Waals surface area contributed by atoms with Gasteiger partial charge in [0.25, 0.3) is 0 Å². The SMILES string of the molecule is COc1ccc(-c2nnc(SC[C@H](O)C[NH+]3CCOCC3)n2C(C)C)cc1. The summed E-state index contributed by atoms with van der Waals surface area (Å²) in [5.74, 6) is 2.26. The van der Waals surface area contributed by atoms with Crippen LogP contribution in [-0.2, 0) is 4.74 Å². The number of nitrogens with zero attached hydrogens (tertiary/aromatic N) is 3. The Morgan fingerprint density at radius 2 is 1.93 bits per heavy atom. The monoisotopic (exact) mass is 393 g/mol. The largest absolute Gasteiger partial charge is 0.497 e. The van der Waals surface area contributed by atoms with Gasteiger partial charge in [-0.1, -0.05) is 11.8 Å². The van der Waals surface area contributed by atoms with Gasteiger partial charge in [0.2, 0.25) is 0 Å². The maximum absolute atomic E-state index is 10.4. The number of methoxy groups -OCH3 is 1. The molecule has 1 saturated heterocycles. The molecule has 2 heterocycles. The van der Waals surface area contributed by atoms with E-state index in [1.165, 1.54) is 4.90 Å². The van der Waals surface area contributed by atoms with Crippen molar-refractivity contribution in [3.63, 3.8) is 0 Å². The van der Waals surface area contributed by atoms with Gasteiger partial charge in [0.1, 0.15) is 31.5 Å². The molecule has 1 aromatic carbocycles. The van der Waals surface area contributed by atoms with Crippen LogP contribution in [0.5, 0.6) is 5.75 Å². The minimum absolute atomic E-state index is 0.224. The van der Waals surface area contributed by atoms with Crippen LogP contribution in [0.1, 0.15) is 19.9 Å². The Morgan fingerprint density at radius 1 is 1.22 bits per heavy atom. The minimum Gasteiger partial charge on any atom is -0.497 e. The summed E-state index contributed by atoms with van der Waals surface area (Å²) < 4.78 is 12.7. The number of hydrogen-bond acceptors (Lipinski definition) is 6. The second-order valence-corrected chi connectivity index (χ2v) is 8.02. The average molecular weight is 394 g/mol. The molecule has 2 N–H and O–H groups in total. The Hall–Kier alpha value is -1.61. The lowest BCUT2D eigenvalue weighted by molar-refractivity contribution is -0.910. The first kappa shape index (κ1) is 20.1. The summed E-state index contributed by atoms with van der Waals surface area (Å²) in [6.45, 7) is 8.47. The van der Waals surface area contributed by atoms with Crippen molar-refractivity contribution < 1.29 is 19.5 Å². The van der Waals surface area contributed by atoms with E-state index in [2.05, 4.69) is 28.6 Å². The fraction of sp³-hybridized carbons (Fsp3) is 0.579. The maximum Gasteiger partial charge on any atom is 0.191 e. The van der Waals surface area contributed by atoms with E-state index in [1.54, 1.807) is 18.9 Å². The molecular formula is C19H29N4O3S+. The fourth-order valence-corrected chi connectivity index (χ4v) is 4.20. The standard InChI is InChI=1S/C19H28N4O3S/c1-14(2)23-18(15-4-6-17(25-3)7-5-15)20-21-19(23)27-13-16(24)12-22-8-10-26-11-9-22/h4-7,14,16,24H,8-13H2,1-3H3/p+1/t16-/m1/s1. The average Bonchev–Trinajstić information content (AvgIpc) is 3.11. The lowest BCUT2D eigenvalue weighted by Crippen LogP contribution is -3.15. The molecule has 27 heavy (non-hydrogen) atoms. The molecule has 148 valence electrons. The van der Waals surface area contributed by atoms with Gasteiger partial charge in [0.15, 0.2) is 11.0 Å². The van der Waals surface area contributed by atoms with Gasteiger partial charge in [0, 0.05) is 17.4 Å². The molecule has 1 atom stereocenters. The highest BCUT2D eigenvalue weighted by molar-refractivity contribution is 7.99. The Kier molecular flexibility index (Phi) is 7.12. The highest BCUT2D eigenvalue weighted by Crippen LogP contribution is 2.28. The number of aromatic nitrogens is 3. The van der Waals surface area contributed by atoms with Gasteiger partial charge in [-0.3, -0.25) is 4.57 Å². The minimum atomic E-state index is -0.371. The fourth-order valence-electron chi connectivity index (χ4n) is 3.20. The normalized spacial score (nSPS) is 16.6. The Bertz CT molecular complexity index is 714. The number of morpholine rings is 1. The first-order chi connectivity index (χ1) is 13.1. The van der Waals surface area contributed by atoms with Gasteiger partial charge >= 0.3 is 0 Å². The molecule has 0 spiro atoms. The molecule has 1 aliphatic heterocycles. The number of nitrogens with one attached hydrogen (secondary N) is 1. The van der Waals surface area contributed by atoms with Crippen molar-refractivity contribution in [2.75, 3.05) is 45.7 Å². The molecule has 7 nitrogen and oxygen atoms in total. The van der Waals surface area contributed by atoms with E-state index < -0.39 is 0 Å². The zero-order valence-electron chi connectivity index (χ0n) is 16.2. The highest BCUT2D eigenvalue weighted by Gasteiger charge is 2.21. The summed E-state index contributed by atoms with van der Waals surface area (Å²) in [5.41, 5.74) is 1.00. The summed E-state index contributed by atoms with van der Waals surface area (Å²) >= 11 is 1.57. The third kappa shape index (κ3) is 5.22. The summed E-state index contributed by atoms with van der Waals surface area (Å²) in [5, 5.41) is 20.0. The van der Waals surface area contributed by atoms with Gasteiger partial charge in [-0.15, -0.1) is 10.2 Å². The molecule has 1 aliphatic rings. The molecule has 0 amide bonds.